The maximum absolute atomic E-state index is 4.07. The minimum absolute atomic E-state index is 0.470. The molecular formula is C11H17N5. The zero-order valence-electron chi connectivity index (χ0n) is 9.56. The highest BCUT2D eigenvalue weighted by atomic mass is 15.2. The van der Waals surface area contributed by atoms with E-state index in [1.54, 1.807) is 6.21 Å². The highest BCUT2D eigenvalue weighted by molar-refractivity contribution is 6.39. The number of nitrogens with one attached hydrogen (secondary N) is 1. The summed E-state index contributed by atoms with van der Waals surface area (Å²) in [6, 6.07) is 0. The first kappa shape index (κ1) is 11.1. The molecule has 0 spiro atoms. The Bertz CT molecular complexity index is 340. The van der Waals surface area contributed by atoms with Crippen LogP contribution in [0.15, 0.2) is 20.0 Å². The predicted octanol–water partition coefficient (Wildman–Crippen LogP) is 1.06. The molecule has 3 rings (SSSR count). The van der Waals surface area contributed by atoms with Gasteiger partial charge < -0.3 is 5.32 Å². The van der Waals surface area contributed by atoms with E-state index in [1.807, 2.05) is 6.92 Å². The van der Waals surface area contributed by atoms with Crippen molar-refractivity contribution in [1.82, 2.24) is 5.32 Å². The fourth-order valence-electron chi connectivity index (χ4n) is 1.70. The molecule has 5 nitrogen and oxygen atoms in total. The zero-order valence-corrected chi connectivity index (χ0v) is 9.56. The molecule has 0 bridgehead atoms. The number of rotatable bonds is 0. The summed E-state index contributed by atoms with van der Waals surface area (Å²) < 4.78 is 0. The summed E-state index contributed by atoms with van der Waals surface area (Å²) in [6.45, 7) is 4.40. The van der Waals surface area contributed by atoms with Gasteiger partial charge in [0.2, 0.25) is 0 Å². The maximum atomic E-state index is 4.07. The second kappa shape index (κ2) is 5.12. The number of piperidine rings is 1. The van der Waals surface area contributed by atoms with Gasteiger partial charge in [0.15, 0.2) is 5.66 Å². The summed E-state index contributed by atoms with van der Waals surface area (Å²) in [5.74, 6) is 0. The minimum Gasteiger partial charge on any atom is -0.317 e. The normalized spacial score (nSPS) is 30.4. The lowest BCUT2D eigenvalue weighted by atomic mass is 10.1. The van der Waals surface area contributed by atoms with Gasteiger partial charge in [-0.2, -0.15) is 0 Å². The second-order valence-corrected chi connectivity index (χ2v) is 4.11. The van der Waals surface area contributed by atoms with Gasteiger partial charge in [-0.3, -0.25) is 0 Å². The Hall–Kier alpha value is -1.36. The number of hydrogen-bond donors (Lipinski definition) is 1. The molecule has 1 N–H and O–H groups in total. The summed E-state index contributed by atoms with van der Waals surface area (Å²) >= 11 is 0. The van der Waals surface area contributed by atoms with Gasteiger partial charge in [-0.25, -0.2) is 20.0 Å². The van der Waals surface area contributed by atoms with E-state index >= 15 is 0 Å². The van der Waals surface area contributed by atoms with Crippen molar-refractivity contribution in [3.05, 3.63) is 0 Å². The van der Waals surface area contributed by atoms with E-state index in [2.05, 4.69) is 25.3 Å². The Labute approximate surface area is 95.5 Å². The van der Waals surface area contributed by atoms with Crippen LogP contribution in [-0.2, 0) is 0 Å². The molecule has 86 valence electrons. The van der Waals surface area contributed by atoms with Crippen LogP contribution in [0, 0.1) is 0 Å². The highest BCUT2D eigenvalue weighted by Crippen LogP contribution is 2.18. The lowest BCUT2D eigenvalue weighted by Gasteiger charge is -2.16. The molecule has 0 aromatic rings. The first-order valence-corrected chi connectivity index (χ1v) is 5.71. The van der Waals surface area contributed by atoms with E-state index in [1.165, 1.54) is 45.0 Å². The lowest BCUT2D eigenvalue weighted by Crippen LogP contribution is -2.31. The fraction of sp³-hybridized carbons (Fsp3) is 0.636. The molecule has 1 atom stereocenters. The predicted molar refractivity (Wildman–Crippen MR) is 68.0 cm³/mol. The van der Waals surface area contributed by atoms with Crippen molar-refractivity contribution in [2.45, 2.75) is 31.8 Å². The first-order valence-electron chi connectivity index (χ1n) is 5.71. The van der Waals surface area contributed by atoms with Crippen molar-refractivity contribution in [3.63, 3.8) is 0 Å². The Balaban J connectivity index is 0.000000138. The monoisotopic (exact) mass is 219 g/mol. The topological polar surface area (TPSA) is 61.5 Å². The van der Waals surface area contributed by atoms with Crippen molar-refractivity contribution >= 4 is 24.6 Å². The lowest BCUT2D eigenvalue weighted by molar-refractivity contribution is 0.520. The standard InChI is InChI=1S/C6H6N4.C5H11N/c1-6-5(8-4-10-6)2-7-3-9-6;1-2-4-6-5-3-1/h2-4H,1H3;6H,1-5H2. The van der Waals surface area contributed by atoms with Crippen LogP contribution >= 0.6 is 0 Å². The van der Waals surface area contributed by atoms with Gasteiger partial charge in [-0.1, -0.05) is 6.42 Å². The molecule has 0 aromatic carbocycles. The Morgan fingerprint density at radius 1 is 1.12 bits per heavy atom. The van der Waals surface area contributed by atoms with Gasteiger partial charge in [0.25, 0.3) is 0 Å². The third-order valence-electron chi connectivity index (χ3n) is 2.77. The van der Waals surface area contributed by atoms with E-state index < -0.39 is 5.66 Å². The third kappa shape index (κ3) is 2.61. The van der Waals surface area contributed by atoms with Crippen LogP contribution in [0.1, 0.15) is 26.2 Å². The number of nitrogens with zero attached hydrogens (tertiary/aromatic N) is 4. The largest absolute Gasteiger partial charge is 0.317 e. The Morgan fingerprint density at radius 2 is 1.88 bits per heavy atom. The SMILES string of the molecule is C1CCNCC1.CC12N=CN=CC1=NC=N2. The van der Waals surface area contributed by atoms with Gasteiger partial charge in [0, 0.05) is 0 Å². The maximum Gasteiger partial charge on any atom is 0.194 e. The van der Waals surface area contributed by atoms with Gasteiger partial charge in [0.05, 0.1) is 6.21 Å². The number of hydrogen-bond acceptors (Lipinski definition) is 5. The van der Waals surface area contributed by atoms with Gasteiger partial charge >= 0.3 is 0 Å². The molecular weight excluding hydrogens is 202 g/mol. The summed E-state index contributed by atoms with van der Waals surface area (Å²) in [5.41, 5.74) is 0.344. The molecule has 1 saturated heterocycles. The van der Waals surface area contributed by atoms with Crippen molar-refractivity contribution in [3.8, 4) is 0 Å². The second-order valence-electron chi connectivity index (χ2n) is 4.11. The summed E-state index contributed by atoms with van der Waals surface area (Å²) in [6.07, 6.45) is 8.92. The van der Waals surface area contributed by atoms with Crippen molar-refractivity contribution in [2.75, 3.05) is 13.1 Å². The van der Waals surface area contributed by atoms with Crippen LogP contribution < -0.4 is 5.32 Å². The van der Waals surface area contributed by atoms with Crippen molar-refractivity contribution in [2.24, 2.45) is 20.0 Å². The van der Waals surface area contributed by atoms with Gasteiger partial charge in [-0.15, -0.1) is 0 Å². The van der Waals surface area contributed by atoms with Crippen molar-refractivity contribution in [1.29, 1.82) is 0 Å². The molecule has 16 heavy (non-hydrogen) atoms. The molecule has 0 saturated carbocycles. The minimum atomic E-state index is -0.470. The average Bonchev–Trinajstić information content (AvgIpc) is 2.73. The number of aliphatic imine (C=N–C) groups is 4. The van der Waals surface area contributed by atoms with Crippen LogP contribution in [0.4, 0.5) is 0 Å². The Morgan fingerprint density at radius 3 is 2.44 bits per heavy atom. The van der Waals surface area contributed by atoms with Gasteiger partial charge in [-0.05, 0) is 32.9 Å². The summed E-state index contributed by atoms with van der Waals surface area (Å²) in [7, 11) is 0. The molecule has 1 unspecified atom stereocenters. The molecule has 3 heterocycles. The zero-order chi connectivity index (χ0) is 11.3. The van der Waals surface area contributed by atoms with Crippen LogP contribution in [0.2, 0.25) is 0 Å². The molecule has 5 heteroatoms. The van der Waals surface area contributed by atoms with E-state index in [9.17, 15) is 0 Å². The van der Waals surface area contributed by atoms with Crippen molar-refractivity contribution < 1.29 is 0 Å². The molecule has 3 aliphatic heterocycles. The van der Waals surface area contributed by atoms with Crippen LogP contribution in [0.25, 0.3) is 0 Å². The highest BCUT2D eigenvalue weighted by Gasteiger charge is 2.31. The first-order chi connectivity index (χ1) is 7.81. The van der Waals surface area contributed by atoms with E-state index in [0.717, 1.165) is 5.71 Å². The van der Waals surface area contributed by atoms with Gasteiger partial charge in [0.1, 0.15) is 18.4 Å². The quantitative estimate of drug-likeness (QED) is 0.650. The van der Waals surface area contributed by atoms with E-state index in [-0.39, 0.29) is 0 Å². The van der Waals surface area contributed by atoms with E-state index in [0.29, 0.717) is 0 Å². The third-order valence-corrected chi connectivity index (χ3v) is 2.77. The molecule has 0 aromatic heterocycles. The fourth-order valence-corrected chi connectivity index (χ4v) is 1.70. The molecule has 3 aliphatic rings. The smallest absolute Gasteiger partial charge is 0.194 e. The summed E-state index contributed by atoms with van der Waals surface area (Å²) in [5, 5.41) is 3.28. The van der Waals surface area contributed by atoms with E-state index in [4.69, 9.17) is 0 Å². The number of fused-ring (bicyclic) bond motifs is 1. The van der Waals surface area contributed by atoms with Crippen LogP contribution in [0.5, 0.6) is 0 Å². The van der Waals surface area contributed by atoms with Crippen LogP contribution in [-0.4, -0.2) is 43.4 Å². The molecule has 1 fully saturated rings. The average molecular weight is 219 g/mol. The molecule has 0 aliphatic carbocycles. The summed E-state index contributed by atoms with van der Waals surface area (Å²) in [4.78, 5) is 16.0. The molecule has 0 amide bonds. The van der Waals surface area contributed by atoms with Crippen LogP contribution in [0.3, 0.4) is 0 Å². The Kier molecular flexibility index (Phi) is 3.56. The molecule has 0 radical (unpaired) electrons.